The monoisotopic (exact) mass is 284 g/mol. The van der Waals surface area contributed by atoms with Crippen molar-refractivity contribution in [2.24, 2.45) is 0 Å². The third-order valence-electron chi connectivity index (χ3n) is 2.66. The van der Waals surface area contributed by atoms with Gasteiger partial charge in [0.15, 0.2) is 5.76 Å². The number of furan rings is 1. The minimum Gasteiger partial charge on any atom is -0.459 e. The van der Waals surface area contributed by atoms with Gasteiger partial charge in [-0.25, -0.2) is 0 Å². The third kappa shape index (κ3) is 5.41. The van der Waals surface area contributed by atoms with Crippen LogP contribution in [0.3, 0.4) is 0 Å². The normalized spacial score (nSPS) is 10.3. The van der Waals surface area contributed by atoms with Gasteiger partial charge in [-0.05, 0) is 12.1 Å². The first-order chi connectivity index (χ1) is 9.69. The van der Waals surface area contributed by atoms with E-state index in [2.05, 4.69) is 5.32 Å². The Balaban J connectivity index is 2.31. The average Bonchev–Trinajstić information content (AvgIpc) is 2.97. The molecule has 112 valence electrons. The lowest BCUT2D eigenvalue weighted by Gasteiger charge is -2.21. The molecule has 2 amide bonds. The molecule has 0 aliphatic rings. The van der Waals surface area contributed by atoms with Crippen LogP contribution in [0.15, 0.2) is 22.8 Å². The summed E-state index contributed by atoms with van der Waals surface area (Å²) in [5.74, 6) is -0.284. The molecule has 0 saturated heterocycles. The van der Waals surface area contributed by atoms with Crippen molar-refractivity contribution in [3.05, 3.63) is 24.2 Å². The quantitative estimate of drug-likeness (QED) is 0.659. The van der Waals surface area contributed by atoms with Gasteiger partial charge in [0.1, 0.15) is 0 Å². The molecule has 0 fully saturated rings. The Morgan fingerprint density at radius 3 is 2.85 bits per heavy atom. The van der Waals surface area contributed by atoms with E-state index in [9.17, 15) is 9.59 Å². The summed E-state index contributed by atoms with van der Waals surface area (Å²) in [5, 5.41) is 11.5. The molecule has 1 aromatic rings. The van der Waals surface area contributed by atoms with Gasteiger partial charge in [0.05, 0.1) is 19.5 Å². The number of aliphatic hydroxyl groups excluding tert-OH is 1. The van der Waals surface area contributed by atoms with Crippen LogP contribution in [0.2, 0.25) is 0 Å². The number of ether oxygens (including phenoxy) is 1. The van der Waals surface area contributed by atoms with Crippen molar-refractivity contribution in [3.8, 4) is 0 Å². The van der Waals surface area contributed by atoms with Crippen molar-refractivity contribution < 1.29 is 23.8 Å². The molecule has 1 heterocycles. The van der Waals surface area contributed by atoms with Gasteiger partial charge in [0.25, 0.3) is 5.91 Å². The number of hydrogen-bond acceptors (Lipinski definition) is 5. The molecular formula is C13H20N2O5. The van der Waals surface area contributed by atoms with Gasteiger partial charge < -0.3 is 24.5 Å². The summed E-state index contributed by atoms with van der Waals surface area (Å²) in [6.07, 6.45) is 1.57. The van der Waals surface area contributed by atoms with E-state index in [1.165, 1.54) is 11.2 Å². The lowest BCUT2D eigenvalue weighted by atomic mass is 10.3. The van der Waals surface area contributed by atoms with E-state index in [0.717, 1.165) is 0 Å². The highest BCUT2D eigenvalue weighted by atomic mass is 16.5. The van der Waals surface area contributed by atoms with Crippen molar-refractivity contribution in [2.75, 3.05) is 40.0 Å². The molecule has 1 aromatic heterocycles. The molecule has 2 N–H and O–H groups in total. The van der Waals surface area contributed by atoms with E-state index in [1.807, 2.05) is 0 Å². The fraction of sp³-hybridized carbons (Fsp3) is 0.538. The second-order valence-electron chi connectivity index (χ2n) is 4.08. The maximum absolute atomic E-state index is 11.9. The zero-order valence-corrected chi connectivity index (χ0v) is 11.5. The largest absolute Gasteiger partial charge is 0.459 e. The Kier molecular flexibility index (Phi) is 7.38. The lowest BCUT2D eigenvalue weighted by Crippen LogP contribution is -2.38. The highest BCUT2D eigenvalue weighted by Gasteiger charge is 2.13. The molecular weight excluding hydrogens is 264 g/mol. The van der Waals surface area contributed by atoms with Gasteiger partial charge in [-0.2, -0.15) is 0 Å². The van der Waals surface area contributed by atoms with Gasteiger partial charge in [0, 0.05) is 33.2 Å². The molecule has 0 spiro atoms. The molecule has 0 bridgehead atoms. The number of methoxy groups -OCH3 is 1. The fourth-order valence-electron chi connectivity index (χ4n) is 1.62. The van der Waals surface area contributed by atoms with Crippen molar-refractivity contribution in [3.63, 3.8) is 0 Å². The van der Waals surface area contributed by atoms with E-state index < -0.39 is 0 Å². The van der Waals surface area contributed by atoms with Crippen LogP contribution in [-0.2, 0) is 9.53 Å². The lowest BCUT2D eigenvalue weighted by molar-refractivity contribution is -0.132. The molecule has 1 rings (SSSR count). The van der Waals surface area contributed by atoms with Crippen LogP contribution in [-0.4, -0.2) is 61.8 Å². The fourth-order valence-corrected chi connectivity index (χ4v) is 1.62. The SMILES string of the molecule is COCCN(CCO)C(=O)CCNC(=O)c1ccco1. The number of nitrogens with zero attached hydrogens (tertiary/aromatic N) is 1. The predicted molar refractivity (Wildman–Crippen MR) is 71.2 cm³/mol. The number of nitrogens with one attached hydrogen (secondary N) is 1. The number of carbonyl (C=O) groups excluding carboxylic acids is 2. The summed E-state index contributed by atoms with van der Waals surface area (Å²) in [4.78, 5) is 25.0. The average molecular weight is 284 g/mol. The molecule has 0 aliphatic heterocycles. The molecule has 0 unspecified atom stereocenters. The van der Waals surface area contributed by atoms with Crippen molar-refractivity contribution in [1.29, 1.82) is 0 Å². The summed E-state index contributed by atoms with van der Waals surface area (Å²) in [6, 6.07) is 3.17. The summed E-state index contributed by atoms with van der Waals surface area (Å²) in [7, 11) is 1.55. The Morgan fingerprint density at radius 1 is 1.45 bits per heavy atom. The molecule has 0 radical (unpaired) electrons. The van der Waals surface area contributed by atoms with E-state index in [0.29, 0.717) is 13.2 Å². The summed E-state index contributed by atoms with van der Waals surface area (Å²) < 4.78 is 9.84. The smallest absolute Gasteiger partial charge is 0.286 e. The minimum atomic E-state index is -0.353. The maximum atomic E-state index is 11.9. The van der Waals surface area contributed by atoms with Crippen LogP contribution in [0.1, 0.15) is 17.0 Å². The third-order valence-corrected chi connectivity index (χ3v) is 2.66. The van der Waals surface area contributed by atoms with Crippen molar-refractivity contribution in [1.82, 2.24) is 10.2 Å². The Labute approximate surface area is 117 Å². The topological polar surface area (TPSA) is 92.0 Å². The number of rotatable bonds is 9. The summed E-state index contributed by atoms with van der Waals surface area (Å²) in [6.45, 7) is 1.20. The molecule has 7 heteroatoms. The number of carbonyl (C=O) groups is 2. The molecule has 0 aliphatic carbocycles. The van der Waals surface area contributed by atoms with Gasteiger partial charge in [0.2, 0.25) is 5.91 Å². The van der Waals surface area contributed by atoms with Crippen LogP contribution < -0.4 is 5.32 Å². The first-order valence-corrected chi connectivity index (χ1v) is 6.38. The van der Waals surface area contributed by atoms with Crippen LogP contribution in [0, 0.1) is 0 Å². The Morgan fingerprint density at radius 2 is 2.25 bits per heavy atom. The van der Waals surface area contributed by atoms with Gasteiger partial charge in [-0.1, -0.05) is 0 Å². The number of amides is 2. The zero-order valence-electron chi connectivity index (χ0n) is 11.5. The van der Waals surface area contributed by atoms with Gasteiger partial charge >= 0.3 is 0 Å². The molecule has 0 aromatic carbocycles. The molecule has 0 atom stereocenters. The van der Waals surface area contributed by atoms with E-state index >= 15 is 0 Å². The second-order valence-corrected chi connectivity index (χ2v) is 4.08. The summed E-state index contributed by atoms with van der Waals surface area (Å²) in [5.41, 5.74) is 0. The highest BCUT2D eigenvalue weighted by molar-refractivity contribution is 5.91. The Hall–Kier alpha value is -1.86. The van der Waals surface area contributed by atoms with Crippen molar-refractivity contribution in [2.45, 2.75) is 6.42 Å². The van der Waals surface area contributed by atoms with Crippen LogP contribution in [0.25, 0.3) is 0 Å². The van der Waals surface area contributed by atoms with Crippen molar-refractivity contribution >= 4 is 11.8 Å². The standard InChI is InChI=1S/C13H20N2O5/c1-19-10-7-15(6-8-16)12(17)4-5-14-13(18)11-3-2-9-20-11/h2-3,9,16H,4-8,10H2,1H3,(H,14,18). The van der Waals surface area contributed by atoms with E-state index in [4.69, 9.17) is 14.3 Å². The molecule has 7 nitrogen and oxygen atoms in total. The second kappa shape index (κ2) is 9.11. The molecule has 0 saturated carbocycles. The van der Waals surface area contributed by atoms with Crippen LogP contribution in [0.4, 0.5) is 0 Å². The van der Waals surface area contributed by atoms with Crippen LogP contribution >= 0.6 is 0 Å². The van der Waals surface area contributed by atoms with Gasteiger partial charge in [-0.3, -0.25) is 9.59 Å². The maximum Gasteiger partial charge on any atom is 0.286 e. The molecule has 20 heavy (non-hydrogen) atoms. The van der Waals surface area contributed by atoms with Gasteiger partial charge in [-0.15, -0.1) is 0 Å². The van der Waals surface area contributed by atoms with E-state index in [1.54, 1.807) is 19.2 Å². The first kappa shape index (κ1) is 16.2. The zero-order chi connectivity index (χ0) is 14.8. The minimum absolute atomic E-state index is 0.103. The van der Waals surface area contributed by atoms with Crippen LogP contribution in [0.5, 0.6) is 0 Å². The van der Waals surface area contributed by atoms with E-state index in [-0.39, 0.29) is 43.7 Å². The number of aliphatic hydroxyl groups is 1. The first-order valence-electron chi connectivity index (χ1n) is 6.38. The number of hydrogen-bond donors (Lipinski definition) is 2. The highest BCUT2D eigenvalue weighted by Crippen LogP contribution is 1.99. The summed E-state index contributed by atoms with van der Waals surface area (Å²) >= 11 is 0. The Bertz CT molecular complexity index is 405. The predicted octanol–water partition coefficient (Wildman–Crippen LogP) is -0.133.